The van der Waals surface area contributed by atoms with Crippen molar-refractivity contribution in [2.75, 3.05) is 0 Å². The number of hydrogen-bond donors (Lipinski definition) is 0. The molecule has 264 valence electrons. The zero-order chi connectivity index (χ0) is 33.9. The van der Waals surface area contributed by atoms with E-state index in [1.54, 1.807) is 0 Å². The van der Waals surface area contributed by atoms with Gasteiger partial charge in [-0.3, -0.25) is 0 Å². The maximum absolute atomic E-state index is 2.28. The second-order valence-corrected chi connectivity index (χ2v) is 18.8. The Balaban J connectivity index is 0.000000224. The molecular formula is C48H41Br2ClP2. The molecule has 0 saturated heterocycles. The minimum atomic E-state index is -1.91. The Kier molecular flexibility index (Phi) is 16.0. The summed E-state index contributed by atoms with van der Waals surface area (Å²) < 4.78 is 0. The van der Waals surface area contributed by atoms with Gasteiger partial charge in [0.05, 0.1) is 0 Å². The monoisotopic (exact) mass is 872 g/mol. The molecule has 53 heavy (non-hydrogen) atoms. The summed E-state index contributed by atoms with van der Waals surface area (Å²) in [5.74, 6) is 0. The fourth-order valence-electron chi connectivity index (χ4n) is 7.00. The van der Waals surface area contributed by atoms with Crippen molar-refractivity contribution in [1.82, 2.24) is 0 Å². The van der Waals surface area contributed by atoms with Crippen molar-refractivity contribution in [2.24, 2.45) is 0 Å². The van der Waals surface area contributed by atoms with Gasteiger partial charge in [-0.2, -0.15) is 0 Å². The molecule has 0 radical (unpaired) electrons. The average Bonchev–Trinajstić information content (AvgIpc) is 3.22. The number of benzene rings is 8. The van der Waals surface area contributed by atoms with Crippen LogP contribution in [0.25, 0.3) is 0 Å². The molecule has 0 heterocycles. The van der Waals surface area contributed by atoms with Crippen molar-refractivity contribution >= 4 is 69.4 Å². The van der Waals surface area contributed by atoms with Crippen molar-refractivity contribution in [3.8, 4) is 0 Å². The van der Waals surface area contributed by atoms with Crippen molar-refractivity contribution in [3.05, 3.63) is 243 Å². The Morgan fingerprint density at radius 3 is 0.358 bits per heavy atom. The average molecular weight is 875 g/mol. The van der Waals surface area contributed by atoms with Gasteiger partial charge < -0.3 is 34.0 Å². The highest BCUT2D eigenvalue weighted by Crippen LogP contribution is 2.55. The Labute approximate surface area is 343 Å². The lowest BCUT2D eigenvalue weighted by molar-refractivity contribution is -0.00100. The minimum Gasteiger partial charge on any atom is -1.00 e. The van der Waals surface area contributed by atoms with Crippen LogP contribution in [0.1, 0.15) is 0 Å². The topological polar surface area (TPSA) is 0 Å². The maximum Gasteiger partial charge on any atom is 0.144 e. The van der Waals surface area contributed by atoms with Gasteiger partial charge in [0.2, 0.25) is 0 Å². The van der Waals surface area contributed by atoms with Crippen LogP contribution in [0.4, 0.5) is 0 Å². The van der Waals surface area contributed by atoms with E-state index in [0.29, 0.717) is 0 Å². The largest absolute Gasteiger partial charge is 1.00 e. The summed E-state index contributed by atoms with van der Waals surface area (Å²) >= 11 is 0. The van der Waals surface area contributed by atoms with Crippen LogP contribution in [0.3, 0.4) is 0 Å². The second-order valence-electron chi connectivity index (χ2n) is 12.0. The van der Waals surface area contributed by atoms with Crippen LogP contribution in [-0.2, 0) is 0 Å². The van der Waals surface area contributed by atoms with E-state index >= 15 is 0 Å². The van der Waals surface area contributed by atoms with Crippen LogP contribution in [0.5, 0.6) is 0 Å². The molecule has 0 saturated carbocycles. The van der Waals surface area contributed by atoms with E-state index in [1.165, 1.54) is 42.4 Å². The molecule has 0 aliphatic rings. The molecule has 0 amide bonds. The van der Waals surface area contributed by atoms with Crippen LogP contribution < -0.4 is 76.4 Å². The molecule has 8 rings (SSSR count). The number of hydrogen-bond acceptors (Lipinski definition) is 0. The molecule has 0 aliphatic heterocycles. The summed E-state index contributed by atoms with van der Waals surface area (Å²) in [5, 5.41) is 11.1. The third-order valence-electron chi connectivity index (χ3n) is 9.15. The second kappa shape index (κ2) is 20.4. The van der Waals surface area contributed by atoms with E-state index in [2.05, 4.69) is 243 Å². The molecule has 0 aliphatic carbocycles. The van der Waals surface area contributed by atoms with Crippen LogP contribution in [0, 0.1) is 0 Å². The van der Waals surface area contributed by atoms with Gasteiger partial charge in [0.25, 0.3) is 0 Å². The summed E-state index contributed by atoms with van der Waals surface area (Å²) in [7, 11) is -3.81. The minimum absolute atomic E-state index is 0. The highest BCUT2D eigenvalue weighted by Gasteiger charge is 2.48. The third kappa shape index (κ3) is 8.66. The quantitative estimate of drug-likeness (QED) is 0.207. The zero-order valence-corrected chi connectivity index (χ0v) is 34.9. The molecule has 0 atom stereocenters. The van der Waals surface area contributed by atoms with Crippen LogP contribution >= 0.6 is 26.9 Å². The van der Waals surface area contributed by atoms with Gasteiger partial charge in [-0.1, -0.05) is 146 Å². The summed E-state index contributed by atoms with van der Waals surface area (Å²) in [6.07, 6.45) is 0. The molecule has 0 N–H and O–H groups in total. The van der Waals surface area contributed by atoms with Crippen LogP contribution in [0.2, 0.25) is 0 Å². The summed E-state index contributed by atoms with van der Waals surface area (Å²) in [6.45, 7) is 0. The molecule has 5 heteroatoms. The Bertz CT molecular complexity index is 1690. The lowest BCUT2D eigenvalue weighted by Crippen LogP contribution is -3.00. The Morgan fingerprint density at radius 1 is 0.170 bits per heavy atom. The van der Waals surface area contributed by atoms with E-state index in [9.17, 15) is 0 Å². The van der Waals surface area contributed by atoms with Gasteiger partial charge in [0.15, 0.2) is 0 Å². The fraction of sp³-hybridized carbons (Fsp3) is 0. The first-order valence-corrected chi connectivity index (χ1v) is 20.7. The molecule has 0 spiro atoms. The first-order valence-electron chi connectivity index (χ1n) is 17.1. The van der Waals surface area contributed by atoms with Crippen LogP contribution in [0.15, 0.2) is 243 Å². The molecule has 8 aromatic rings. The number of halogens is 3. The lowest BCUT2D eigenvalue weighted by atomic mass is 10.3. The number of rotatable bonds is 8. The van der Waals surface area contributed by atoms with Gasteiger partial charge in [0, 0.05) is 0 Å². The summed E-state index contributed by atoms with van der Waals surface area (Å²) in [6, 6.07) is 87.7. The van der Waals surface area contributed by atoms with E-state index in [1.807, 2.05) is 0 Å². The maximum atomic E-state index is 2.28. The molecule has 0 fully saturated rings. The fourth-order valence-corrected chi connectivity index (χ4v) is 15.5. The van der Waals surface area contributed by atoms with Crippen molar-refractivity contribution < 1.29 is 34.0 Å². The van der Waals surface area contributed by atoms with Gasteiger partial charge in [-0.05, 0) is 97.1 Å². The molecular weight excluding hydrogens is 834 g/mol. The lowest BCUT2D eigenvalue weighted by Gasteiger charge is -2.27. The zero-order valence-electron chi connectivity index (χ0n) is 29.2. The van der Waals surface area contributed by atoms with Gasteiger partial charge >= 0.3 is 0 Å². The van der Waals surface area contributed by atoms with Gasteiger partial charge in [-0.15, -0.1) is 12.4 Å². The van der Waals surface area contributed by atoms with E-state index < -0.39 is 14.5 Å². The van der Waals surface area contributed by atoms with E-state index in [4.69, 9.17) is 0 Å². The Morgan fingerprint density at radius 2 is 0.264 bits per heavy atom. The first kappa shape index (κ1) is 41.6. The summed E-state index contributed by atoms with van der Waals surface area (Å²) in [5.41, 5.74) is 0. The normalized spacial score (nSPS) is 10.6. The molecule has 0 unspecified atom stereocenters. The van der Waals surface area contributed by atoms with Crippen molar-refractivity contribution in [3.63, 3.8) is 0 Å². The standard InChI is InChI=1S/2C24H20P.2BrH.ClH/c2*1-5-13-21(14-6-1)25(22-15-7-2-8-16-22,23-17-9-3-10-18-23)24-19-11-4-12-20-24;;;/h2*1-20H;3*1H/q2*+1;;;/p-2. The van der Waals surface area contributed by atoms with Crippen molar-refractivity contribution in [2.45, 2.75) is 0 Å². The smallest absolute Gasteiger partial charge is 0.144 e. The van der Waals surface area contributed by atoms with E-state index in [-0.39, 0.29) is 46.4 Å². The highest BCUT2D eigenvalue weighted by atomic mass is 79.9. The predicted octanol–water partition coefficient (Wildman–Crippen LogP) is 3.04. The van der Waals surface area contributed by atoms with E-state index in [0.717, 1.165) is 0 Å². The van der Waals surface area contributed by atoms with Gasteiger partial charge in [-0.25, -0.2) is 0 Å². The molecule has 0 aromatic heterocycles. The molecule has 0 nitrogen and oxygen atoms in total. The van der Waals surface area contributed by atoms with Crippen molar-refractivity contribution in [1.29, 1.82) is 0 Å². The summed E-state index contributed by atoms with van der Waals surface area (Å²) in [4.78, 5) is 0. The first-order chi connectivity index (χ1) is 24.8. The Hall–Kier alpha value is -4.13. The SMILES string of the molecule is Cl.[Br-].[Br-].c1ccc([P+](c2ccccc2)(c2ccccc2)c2ccccc2)cc1.c1ccc([P+](c2ccccc2)(c2ccccc2)c2ccccc2)cc1. The van der Waals surface area contributed by atoms with Gasteiger partial charge in [0.1, 0.15) is 57.0 Å². The molecule has 8 aromatic carbocycles. The highest BCUT2D eigenvalue weighted by molar-refractivity contribution is 8.02. The predicted molar refractivity (Wildman–Crippen MR) is 230 cm³/mol. The van der Waals surface area contributed by atoms with Crippen LogP contribution in [-0.4, -0.2) is 0 Å². The third-order valence-corrected chi connectivity index (χ3v) is 17.7. The molecule has 0 bridgehead atoms.